The maximum absolute atomic E-state index is 13.2. The van der Waals surface area contributed by atoms with Gasteiger partial charge in [0.25, 0.3) is 0 Å². The van der Waals surface area contributed by atoms with Crippen molar-refractivity contribution in [3.05, 3.63) is 35.1 Å². The molecule has 0 saturated carbocycles. The van der Waals surface area contributed by atoms with Crippen molar-refractivity contribution < 1.29 is 22.7 Å². The number of hydrogen-bond acceptors (Lipinski definition) is 2. The van der Waals surface area contributed by atoms with E-state index in [0.717, 1.165) is 12.1 Å². The van der Waals surface area contributed by atoms with Gasteiger partial charge in [0, 0.05) is 6.04 Å². The van der Waals surface area contributed by atoms with Crippen LogP contribution in [-0.4, -0.2) is 17.8 Å². The van der Waals surface area contributed by atoms with E-state index < -0.39 is 23.6 Å². The van der Waals surface area contributed by atoms with E-state index in [-0.39, 0.29) is 31.0 Å². The topological polar surface area (TPSA) is 46.2 Å². The zero-order chi connectivity index (χ0) is 12.3. The minimum atomic E-state index is -4.56. The Balaban J connectivity index is 0.00000256. The molecular weight excluding hydrogens is 262 g/mol. The standard InChI is InChI=1S/C10H11F4NO.ClH/c11-9-4-7(10(12,13)14)2-1-6(9)3-8(15)5-16;/h1-2,4,8,16H,3,5,15H2;1H. The third-order valence-electron chi connectivity index (χ3n) is 2.10. The third-order valence-corrected chi connectivity index (χ3v) is 2.10. The number of aliphatic hydroxyl groups is 1. The van der Waals surface area contributed by atoms with Crippen LogP contribution in [0.25, 0.3) is 0 Å². The average Bonchev–Trinajstić information content (AvgIpc) is 2.19. The third kappa shape index (κ3) is 4.49. The van der Waals surface area contributed by atoms with E-state index in [1.807, 2.05) is 0 Å². The minimum Gasteiger partial charge on any atom is -0.395 e. The van der Waals surface area contributed by atoms with Crippen molar-refractivity contribution in [3.63, 3.8) is 0 Å². The van der Waals surface area contributed by atoms with Gasteiger partial charge in [-0.3, -0.25) is 0 Å². The van der Waals surface area contributed by atoms with Crippen molar-refractivity contribution in [3.8, 4) is 0 Å². The number of hydrogen-bond donors (Lipinski definition) is 2. The lowest BCUT2D eigenvalue weighted by molar-refractivity contribution is -0.137. The predicted octanol–water partition coefficient (Wildman–Crippen LogP) is 2.13. The van der Waals surface area contributed by atoms with Crippen LogP contribution in [0, 0.1) is 5.82 Å². The molecule has 0 saturated heterocycles. The number of halogens is 5. The maximum Gasteiger partial charge on any atom is 0.416 e. The number of benzene rings is 1. The largest absolute Gasteiger partial charge is 0.416 e. The fourth-order valence-corrected chi connectivity index (χ4v) is 1.24. The zero-order valence-electron chi connectivity index (χ0n) is 8.67. The zero-order valence-corrected chi connectivity index (χ0v) is 9.48. The summed E-state index contributed by atoms with van der Waals surface area (Å²) >= 11 is 0. The first-order valence-electron chi connectivity index (χ1n) is 4.56. The van der Waals surface area contributed by atoms with Crippen molar-refractivity contribution >= 4 is 12.4 Å². The highest BCUT2D eigenvalue weighted by atomic mass is 35.5. The summed E-state index contributed by atoms with van der Waals surface area (Å²) in [6.45, 7) is -0.347. The van der Waals surface area contributed by atoms with Crippen molar-refractivity contribution in [1.29, 1.82) is 0 Å². The predicted molar refractivity (Wildman–Crippen MR) is 57.4 cm³/mol. The highest BCUT2D eigenvalue weighted by Crippen LogP contribution is 2.30. The van der Waals surface area contributed by atoms with Crippen LogP contribution in [0.15, 0.2) is 18.2 Å². The van der Waals surface area contributed by atoms with Crippen LogP contribution in [0.3, 0.4) is 0 Å². The van der Waals surface area contributed by atoms with Gasteiger partial charge in [0.05, 0.1) is 12.2 Å². The average molecular weight is 274 g/mol. The Hall–Kier alpha value is -0.850. The van der Waals surface area contributed by atoms with E-state index in [1.54, 1.807) is 0 Å². The van der Waals surface area contributed by atoms with E-state index in [2.05, 4.69) is 0 Å². The summed E-state index contributed by atoms with van der Waals surface area (Å²) in [5.41, 5.74) is 4.39. The van der Waals surface area contributed by atoms with E-state index in [1.165, 1.54) is 0 Å². The molecule has 0 amide bonds. The summed E-state index contributed by atoms with van der Waals surface area (Å²) in [7, 11) is 0. The molecule has 0 bridgehead atoms. The maximum atomic E-state index is 13.2. The number of aliphatic hydroxyl groups excluding tert-OH is 1. The lowest BCUT2D eigenvalue weighted by Gasteiger charge is -2.11. The van der Waals surface area contributed by atoms with Gasteiger partial charge in [-0.1, -0.05) is 6.07 Å². The van der Waals surface area contributed by atoms with Crippen LogP contribution in [0.5, 0.6) is 0 Å². The summed E-state index contributed by atoms with van der Waals surface area (Å²) in [6.07, 6.45) is -4.56. The molecule has 1 atom stereocenters. The minimum absolute atomic E-state index is 0. The molecule has 0 aromatic heterocycles. The molecule has 1 aromatic carbocycles. The molecule has 0 aliphatic heterocycles. The van der Waals surface area contributed by atoms with Crippen LogP contribution < -0.4 is 5.73 Å². The quantitative estimate of drug-likeness (QED) is 0.829. The summed E-state index contributed by atoms with van der Waals surface area (Å²) in [4.78, 5) is 0. The van der Waals surface area contributed by atoms with Crippen molar-refractivity contribution in [2.24, 2.45) is 5.73 Å². The molecule has 0 fully saturated rings. The monoisotopic (exact) mass is 273 g/mol. The first-order valence-corrected chi connectivity index (χ1v) is 4.56. The van der Waals surface area contributed by atoms with Crippen LogP contribution >= 0.6 is 12.4 Å². The summed E-state index contributed by atoms with van der Waals surface area (Å²) in [5.74, 6) is -0.960. The van der Waals surface area contributed by atoms with Gasteiger partial charge >= 0.3 is 6.18 Å². The molecule has 0 aliphatic carbocycles. The van der Waals surface area contributed by atoms with Gasteiger partial charge in [-0.25, -0.2) is 4.39 Å². The normalized spacial score (nSPS) is 13.1. The van der Waals surface area contributed by atoms with E-state index in [4.69, 9.17) is 10.8 Å². The van der Waals surface area contributed by atoms with Crippen LogP contribution in [0.1, 0.15) is 11.1 Å². The van der Waals surface area contributed by atoms with Gasteiger partial charge in [-0.05, 0) is 24.1 Å². The second-order valence-electron chi connectivity index (χ2n) is 3.45. The van der Waals surface area contributed by atoms with E-state index in [0.29, 0.717) is 6.07 Å². The molecule has 3 N–H and O–H groups in total. The Bertz CT molecular complexity index is 370. The van der Waals surface area contributed by atoms with Crippen LogP contribution in [0.2, 0.25) is 0 Å². The smallest absolute Gasteiger partial charge is 0.395 e. The van der Waals surface area contributed by atoms with Gasteiger partial charge in [0.1, 0.15) is 5.82 Å². The molecule has 0 aliphatic rings. The second kappa shape index (κ2) is 6.18. The Morgan fingerprint density at radius 3 is 2.29 bits per heavy atom. The number of nitrogens with two attached hydrogens (primary N) is 1. The van der Waals surface area contributed by atoms with E-state index >= 15 is 0 Å². The molecule has 1 aromatic rings. The summed E-state index contributed by atoms with van der Waals surface area (Å²) in [6, 6.07) is 1.58. The van der Waals surface area contributed by atoms with Gasteiger partial charge in [-0.2, -0.15) is 13.2 Å². The fourth-order valence-electron chi connectivity index (χ4n) is 1.24. The molecule has 1 unspecified atom stereocenters. The SMILES string of the molecule is Cl.NC(CO)Cc1ccc(C(F)(F)F)cc1F. The second-order valence-corrected chi connectivity index (χ2v) is 3.45. The molecule has 0 radical (unpaired) electrons. The molecule has 7 heteroatoms. The van der Waals surface area contributed by atoms with Crippen molar-refractivity contribution in [1.82, 2.24) is 0 Å². The molecule has 0 spiro atoms. The Kier molecular flexibility index (Phi) is 5.87. The van der Waals surface area contributed by atoms with Crippen molar-refractivity contribution in [2.75, 3.05) is 6.61 Å². The first kappa shape index (κ1) is 16.1. The van der Waals surface area contributed by atoms with Crippen LogP contribution in [-0.2, 0) is 12.6 Å². The molecule has 1 rings (SSSR count). The Morgan fingerprint density at radius 1 is 1.29 bits per heavy atom. The summed E-state index contributed by atoms with van der Waals surface area (Å²) in [5, 5.41) is 8.64. The first-order chi connectivity index (χ1) is 7.34. The molecule has 2 nitrogen and oxygen atoms in total. The van der Waals surface area contributed by atoms with Gasteiger partial charge < -0.3 is 10.8 Å². The Labute approximate surface area is 102 Å². The Morgan fingerprint density at radius 2 is 1.88 bits per heavy atom. The van der Waals surface area contributed by atoms with E-state index in [9.17, 15) is 17.6 Å². The fraction of sp³-hybridized carbons (Fsp3) is 0.400. The highest BCUT2D eigenvalue weighted by Gasteiger charge is 2.31. The number of rotatable bonds is 3. The van der Waals surface area contributed by atoms with Crippen LogP contribution in [0.4, 0.5) is 17.6 Å². The van der Waals surface area contributed by atoms with Crippen molar-refractivity contribution in [2.45, 2.75) is 18.6 Å². The molecular formula is C10H12ClF4NO. The highest BCUT2D eigenvalue weighted by molar-refractivity contribution is 5.85. The lowest BCUT2D eigenvalue weighted by Crippen LogP contribution is -2.27. The van der Waals surface area contributed by atoms with Gasteiger partial charge in [0.2, 0.25) is 0 Å². The molecule has 0 heterocycles. The van der Waals surface area contributed by atoms with Gasteiger partial charge in [-0.15, -0.1) is 12.4 Å². The van der Waals surface area contributed by atoms with Gasteiger partial charge in [0.15, 0.2) is 0 Å². The summed E-state index contributed by atoms with van der Waals surface area (Å²) < 4.78 is 49.8. The molecule has 98 valence electrons. The molecule has 17 heavy (non-hydrogen) atoms. The number of alkyl halides is 3. The lowest BCUT2D eigenvalue weighted by atomic mass is 10.0.